The Morgan fingerprint density at radius 2 is 1.64 bits per heavy atom. The van der Waals surface area contributed by atoms with Gasteiger partial charge in [0.1, 0.15) is 0 Å². The minimum atomic E-state index is 0. The summed E-state index contributed by atoms with van der Waals surface area (Å²) >= 11 is 0. The molecule has 1 saturated carbocycles. The highest BCUT2D eigenvalue weighted by Crippen LogP contribution is 2.21. The molecule has 0 atom stereocenters. The monoisotopic (exact) mass is 422 g/mol. The van der Waals surface area contributed by atoms with Crippen LogP contribution in [0, 0.1) is 0 Å². The fourth-order valence-electron chi connectivity index (χ4n) is 3.62. The molecular weight excluding hydrogens is 387 g/mol. The lowest BCUT2D eigenvalue weighted by atomic mass is 9.94. The second-order valence-corrected chi connectivity index (χ2v) is 6.77. The summed E-state index contributed by atoms with van der Waals surface area (Å²) in [5.74, 6) is 0.775. The molecule has 22 heavy (non-hydrogen) atoms. The molecule has 1 aliphatic carbocycles. The normalized spacial score (nSPS) is 21.5. The highest BCUT2D eigenvalue weighted by atomic mass is 127. The van der Waals surface area contributed by atoms with Crippen LogP contribution in [0.3, 0.4) is 0 Å². The van der Waals surface area contributed by atoms with Crippen LogP contribution in [0.1, 0.15) is 64.2 Å². The first kappa shape index (κ1) is 20.0. The smallest absolute Gasteiger partial charge is 0.191 e. The molecule has 2 aliphatic rings. The van der Waals surface area contributed by atoms with E-state index >= 15 is 0 Å². The van der Waals surface area contributed by atoms with Gasteiger partial charge in [-0.2, -0.15) is 0 Å². The van der Waals surface area contributed by atoms with Gasteiger partial charge in [-0.05, 0) is 45.7 Å². The van der Waals surface area contributed by atoms with Gasteiger partial charge in [0, 0.05) is 25.7 Å². The van der Waals surface area contributed by atoms with Gasteiger partial charge in [0.15, 0.2) is 5.96 Å². The van der Waals surface area contributed by atoms with E-state index in [0.717, 1.165) is 44.6 Å². The molecule has 1 heterocycles. The van der Waals surface area contributed by atoms with Crippen LogP contribution in [0.5, 0.6) is 0 Å². The maximum Gasteiger partial charge on any atom is 0.191 e. The molecule has 4 nitrogen and oxygen atoms in total. The molecule has 0 amide bonds. The van der Waals surface area contributed by atoms with Crippen molar-refractivity contribution in [1.29, 1.82) is 0 Å². The molecule has 0 bridgehead atoms. The Labute approximate surface area is 153 Å². The summed E-state index contributed by atoms with van der Waals surface area (Å²) in [4.78, 5) is 9.41. The molecule has 0 aromatic rings. The number of guanidine groups is 1. The van der Waals surface area contributed by atoms with Crippen molar-refractivity contribution in [1.82, 2.24) is 9.80 Å². The van der Waals surface area contributed by atoms with Gasteiger partial charge in [0.05, 0.1) is 0 Å². The Hall–Kier alpha value is -0.0400. The van der Waals surface area contributed by atoms with Gasteiger partial charge in [-0.3, -0.25) is 4.99 Å². The number of rotatable bonds is 5. The standard InChI is InChI=1S/C17H34N4.HI/c1-20(16-10-5-4-6-11-16)13-9-12-19-17(18)21-14-7-2-3-8-15-21;/h16H,2-15H2,1H3,(H2,18,19);1H. The van der Waals surface area contributed by atoms with Crippen LogP contribution < -0.4 is 5.73 Å². The lowest BCUT2D eigenvalue weighted by molar-refractivity contribution is 0.191. The van der Waals surface area contributed by atoms with Crippen LogP contribution in [0.2, 0.25) is 0 Å². The third-order valence-electron chi connectivity index (χ3n) is 5.07. The molecule has 130 valence electrons. The quantitative estimate of drug-likeness (QED) is 0.320. The van der Waals surface area contributed by atoms with Gasteiger partial charge < -0.3 is 15.5 Å². The second-order valence-electron chi connectivity index (χ2n) is 6.77. The second kappa shape index (κ2) is 11.5. The summed E-state index contributed by atoms with van der Waals surface area (Å²) in [7, 11) is 2.28. The lowest BCUT2D eigenvalue weighted by Crippen LogP contribution is -2.38. The van der Waals surface area contributed by atoms with Gasteiger partial charge in [0.25, 0.3) is 0 Å². The summed E-state index contributed by atoms with van der Waals surface area (Å²) in [6.07, 6.45) is 13.4. The maximum atomic E-state index is 6.14. The Morgan fingerprint density at radius 3 is 2.27 bits per heavy atom. The van der Waals surface area contributed by atoms with Gasteiger partial charge in [-0.1, -0.05) is 32.1 Å². The molecule has 0 spiro atoms. The minimum Gasteiger partial charge on any atom is -0.370 e. The molecule has 1 saturated heterocycles. The van der Waals surface area contributed by atoms with Crippen molar-refractivity contribution in [3.63, 3.8) is 0 Å². The van der Waals surface area contributed by atoms with Crippen molar-refractivity contribution in [2.45, 2.75) is 70.3 Å². The molecule has 0 aromatic heterocycles. The van der Waals surface area contributed by atoms with Crippen molar-refractivity contribution in [3.8, 4) is 0 Å². The fraction of sp³-hybridized carbons (Fsp3) is 0.941. The lowest BCUT2D eigenvalue weighted by Gasteiger charge is -2.31. The topological polar surface area (TPSA) is 44.9 Å². The first-order valence-electron chi connectivity index (χ1n) is 9.02. The van der Waals surface area contributed by atoms with Gasteiger partial charge in [-0.15, -0.1) is 24.0 Å². The van der Waals surface area contributed by atoms with E-state index in [4.69, 9.17) is 5.73 Å². The molecule has 2 fully saturated rings. The fourth-order valence-corrected chi connectivity index (χ4v) is 3.62. The molecule has 0 unspecified atom stereocenters. The average molecular weight is 422 g/mol. The van der Waals surface area contributed by atoms with Crippen LogP contribution in [-0.2, 0) is 0 Å². The van der Waals surface area contributed by atoms with Gasteiger partial charge in [0.2, 0.25) is 0 Å². The van der Waals surface area contributed by atoms with Crippen LogP contribution >= 0.6 is 24.0 Å². The van der Waals surface area contributed by atoms with E-state index in [1.54, 1.807) is 0 Å². The van der Waals surface area contributed by atoms with E-state index in [1.807, 2.05) is 0 Å². The molecule has 2 N–H and O–H groups in total. The van der Waals surface area contributed by atoms with Crippen molar-refractivity contribution >= 4 is 29.9 Å². The minimum absolute atomic E-state index is 0. The first-order chi connectivity index (χ1) is 10.3. The number of nitrogens with zero attached hydrogens (tertiary/aromatic N) is 3. The highest BCUT2D eigenvalue weighted by molar-refractivity contribution is 14.0. The van der Waals surface area contributed by atoms with Gasteiger partial charge >= 0.3 is 0 Å². The largest absolute Gasteiger partial charge is 0.370 e. The molecule has 0 aromatic carbocycles. The Morgan fingerprint density at radius 1 is 1.05 bits per heavy atom. The molecule has 2 rings (SSSR count). The zero-order valence-electron chi connectivity index (χ0n) is 14.3. The summed E-state index contributed by atoms with van der Waals surface area (Å²) in [6, 6.07) is 0.811. The van der Waals surface area contributed by atoms with Crippen molar-refractivity contribution in [2.24, 2.45) is 10.7 Å². The zero-order chi connectivity index (χ0) is 14.9. The number of aliphatic imine (C=N–C) groups is 1. The average Bonchev–Trinajstić information content (AvgIpc) is 2.81. The van der Waals surface area contributed by atoms with E-state index in [9.17, 15) is 0 Å². The molecule has 0 radical (unpaired) electrons. The maximum absolute atomic E-state index is 6.14. The summed E-state index contributed by atoms with van der Waals surface area (Å²) in [5, 5.41) is 0. The third kappa shape index (κ3) is 7.02. The zero-order valence-corrected chi connectivity index (χ0v) is 16.6. The van der Waals surface area contributed by atoms with Crippen LogP contribution in [0.4, 0.5) is 0 Å². The number of hydrogen-bond acceptors (Lipinski definition) is 2. The summed E-state index contributed by atoms with van der Waals surface area (Å²) < 4.78 is 0. The van der Waals surface area contributed by atoms with E-state index in [2.05, 4.69) is 21.8 Å². The van der Waals surface area contributed by atoms with E-state index < -0.39 is 0 Å². The third-order valence-corrected chi connectivity index (χ3v) is 5.07. The number of hydrogen-bond donors (Lipinski definition) is 1. The Bertz CT molecular complexity index is 308. The van der Waals surface area contributed by atoms with Gasteiger partial charge in [-0.25, -0.2) is 0 Å². The van der Waals surface area contributed by atoms with Crippen LogP contribution in [0.25, 0.3) is 0 Å². The predicted octanol–water partition coefficient (Wildman–Crippen LogP) is 3.45. The molecule has 1 aliphatic heterocycles. The predicted molar refractivity (Wildman–Crippen MR) is 106 cm³/mol. The molecular formula is C17H35IN4. The van der Waals surface area contributed by atoms with E-state index in [1.165, 1.54) is 57.8 Å². The van der Waals surface area contributed by atoms with Crippen LogP contribution in [0.15, 0.2) is 4.99 Å². The van der Waals surface area contributed by atoms with Crippen LogP contribution in [-0.4, -0.2) is 55.0 Å². The Kier molecular flexibility index (Phi) is 10.4. The highest BCUT2D eigenvalue weighted by Gasteiger charge is 2.17. The summed E-state index contributed by atoms with van der Waals surface area (Å²) in [5.41, 5.74) is 6.14. The van der Waals surface area contributed by atoms with E-state index in [0.29, 0.717) is 0 Å². The van der Waals surface area contributed by atoms with Crippen molar-refractivity contribution in [2.75, 3.05) is 33.2 Å². The van der Waals surface area contributed by atoms with Crippen molar-refractivity contribution < 1.29 is 0 Å². The SMILES string of the molecule is CN(CCCN=C(N)N1CCCCCC1)C1CCCCC1.I. The van der Waals surface area contributed by atoms with E-state index in [-0.39, 0.29) is 24.0 Å². The summed E-state index contributed by atoms with van der Waals surface area (Å²) in [6.45, 7) is 4.22. The number of halogens is 1. The molecule has 5 heteroatoms. The number of nitrogens with two attached hydrogens (primary N) is 1. The first-order valence-corrected chi connectivity index (χ1v) is 9.02. The van der Waals surface area contributed by atoms with Crippen molar-refractivity contribution in [3.05, 3.63) is 0 Å². The Balaban J connectivity index is 0.00000242. The number of likely N-dealkylation sites (tertiary alicyclic amines) is 1.